The highest BCUT2D eigenvalue weighted by Crippen LogP contribution is 2.22. The van der Waals surface area contributed by atoms with Gasteiger partial charge in [0, 0.05) is 24.6 Å². The SMILES string of the molecule is O=c1[nH]c2ccccc2c(=O)n1CCCSSCCCn1c(=O)[nH]c2ccccc2c1=O. The molecule has 0 saturated carbocycles. The van der Waals surface area contributed by atoms with Crippen LogP contribution in [0.4, 0.5) is 0 Å². The first-order chi connectivity index (χ1) is 15.6. The van der Waals surface area contributed by atoms with Gasteiger partial charge in [-0.2, -0.15) is 0 Å². The molecule has 166 valence electrons. The summed E-state index contributed by atoms with van der Waals surface area (Å²) in [5.41, 5.74) is -0.225. The highest BCUT2D eigenvalue weighted by atomic mass is 33.1. The second-order valence-electron chi connectivity index (χ2n) is 7.22. The van der Waals surface area contributed by atoms with Crippen LogP contribution in [-0.2, 0) is 13.1 Å². The summed E-state index contributed by atoms with van der Waals surface area (Å²) >= 11 is 0. The largest absolute Gasteiger partial charge is 0.328 e. The molecule has 0 unspecified atom stereocenters. The number of aromatic amines is 2. The second kappa shape index (κ2) is 10.1. The molecule has 0 aliphatic heterocycles. The molecule has 0 saturated heterocycles. The Morgan fingerprint density at radius 1 is 0.625 bits per heavy atom. The standard InChI is InChI=1S/C22H22N4O4S2/c27-19-15-7-1-3-9-17(15)23-21(29)25(19)11-5-13-31-32-14-6-12-26-20(28)16-8-2-4-10-18(16)24-22(26)30/h1-4,7-10H,5-6,11-14H2,(H,23,29)(H,24,30). The fraction of sp³-hybridized carbons (Fsp3) is 0.273. The lowest BCUT2D eigenvalue weighted by Gasteiger charge is -2.07. The predicted octanol–water partition coefficient (Wildman–Crippen LogP) is 2.55. The molecule has 10 heteroatoms. The van der Waals surface area contributed by atoms with Gasteiger partial charge in [0.15, 0.2) is 0 Å². The molecule has 4 rings (SSSR count). The number of para-hydroxylation sites is 2. The zero-order chi connectivity index (χ0) is 22.5. The normalized spacial score (nSPS) is 11.4. The van der Waals surface area contributed by atoms with Gasteiger partial charge in [0.2, 0.25) is 0 Å². The number of H-pyrrole nitrogens is 2. The van der Waals surface area contributed by atoms with Crippen molar-refractivity contribution >= 4 is 43.4 Å². The topological polar surface area (TPSA) is 110 Å². The third-order valence-electron chi connectivity index (χ3n) is 5.08. The number of benzene rings is 2. The third kappa shape index (κ3) is 4.76. The van der Waals surface area contributed by atoms with Gasteiger partial charge in [0.05, 0.1) is 21.8 Å². The van der Waals surface area contributed by atoms with Crippen molar-refractivity contribution in [2.45, 2.75) is 25.9 Å². The Bertz CT molecular complexity index is 1370. The number of hydrogen-bond acceptors (Lipinski definition) is 6. The minimum Gasteiger partial charge on any atom is -0.307 e. The van der Waals surface area contributed by atoms with Crippen LogP contribution in [0, 0.1) is 0 Å². The van der Waals surface area contributed by atoms with E-state index in [9.17, 15) is 19.2 Å². The first kappa shape index (κ1) is 22.2. The molecule has 2 heterocycles. The molecule has 2 N–H and O–H groups in total. The van der Waals surface area contributed by atoms with Crippen molar-refractivity contribution in [2.75, 3.05) is 11.5 Å². The Labute approximate surface area is 190 Å². The molecule has 8 nitrogen and oxygen atoms in total. The Kier molecular flexibility index (Phi) is 7.01. The van der Waals surface area contributed by atoms with E-state index >= 15 is 0 Å². The quantitative estimate of drug-likeness (QED) is 0.287. The third-order valence-corrected chi connectivity index (χ3v) is 7.66. The Hall–Kier alpha value is -2.98. The molecular formula is C22H22N4O4S2. The van der Waals surface area contributed by atoms with Gasteiger partial charge in [0.1, 0.15) is 0 Å². The lowest BCUT2D eigenvalue weighted by Crippen LogP contribution is -2.35. The van der Waals surface area contributed by atoms with Gasteiger partial charge >= 0.3 is 11.4 Å². The Morgan fingerprint density at radius 2 is 1.03 bits per heavy atom. The maximum Gasteiger partial charge on any atom is 0.328 e. The summed E-state index contributed by atoms with van der Waals surface area (Å²) in [7, 11) is 3.30. The molecule has 0 aliphatic rings. The molecule has 0 atom stereocenters. The number of nitrogens with one attached hydrogen (secondary N) is 2. The van der Waals surface area contributed by atoms with Crippen LogP contribution in [0.1, 0.15) is 12.8 Å². The molecule has 2 aromatic heterocycles. The van der Waals surface area contributed by atoms with Gasteiger partial charge in [-0.05, 0) is 37.1 Å². The molecule has 0 bridgehead atoms. The van der Waals surface area contributed by atoms with Crippen molar-refractivity contribution in [3.63, 3.8) is 0 Å². The summed E-state index contributed by atoms with van der Waals surface area (Å²) in [5, 5.41) is 1.01. The average Bonchev–Trinajstić information content (AvgIpc) is 2.79. The van der Waals surface area contributed by atoms with Crippen molar-refractivity contribution in [1.29, 1.82) is 0 Å². The van der Waals surface area contributed by atoms with E-state index in [4.69, 9.17) is 0 Å². The van der Waals surface area contributed by atoms with E-state index in [1.54, 1.807) is 70.1 Å². The average molecular weight is 471 g/mol. The van der Waals surface area contributed by atoms with Crippen LogP contribution < -0.4 is 22.5 Å². The number of fused-ring (bicyclic) bond motifs is 2. The number of nitrogens with zero attached hydrogens (tertiary/aromatic N) is 2. The van der Waals surface area contributed by atoms with Gasteiger partial charge in [-0.1, -0.05) is 45.9 Å². The van der Waals surface area contributed by atoms with Crippen LogP contribution >= 0.6 is 21.6 Å². The maximum atomic E-state index is 12.5. The molecule has 0 fully saturated rings. The molecule has 0 amide bonds. The zero-order valence-corrected chi connectivity index (χ0v) is 18.8. The van der Waals surface area contributed by atoms with Gasteiger partial charge in [-0.15, -0.1) is 0 Å². The predicted molar refractivity (Wildman–Crippen MR) is 132 cm³/mol. The molecule has 32 heavy (non-hydrogen) atoms. The minimum absolute atomic E-state index is 0.270. The molecular weight excluding hydrogens is 448 g/mol. The molecule has 0 spiro atoms. The first-order valence-electron chi connectivity index (χ1n) is 10.2. The molecule has 0 aliphatic carbocycles. The van der Waals surface area contributed by atoms with Gasteiger partial charge in [0.25, 0.3) is 11.1 Å². The second-order valence-corrected chi connectivity index (χ2v) is 9.92. The lowest BCUT2D eigenvalue weighted by atomic mass is 10.2. The number of rotatable bonds is 9. The lowest BCUT2D eigenvalue weighted by molar-refractivity contribution is 0.626. The summed E-state index contributed by atoms with van der Waals surface area (Å²) in [4.78, 5) is 54.8. The summed E-state index contributed by atoms with van der Waals surface area (Å²) in [5.74, 6) is 1.56. The molecule has 4 aromatic rings. The van der Waals surface area contributed by atoms with Crippen LogP contribution in [0.2, 0.25) is 0 Å². The van der Waals surface area contributed by atoms with E-state index in [0.717, 1.165) is 11.5 Å². The number of hydrogen-bond donors (Lipinski definition) is 2. The first-order valence-corrected chi connectivity index (χ1v) is 12.7. The van der Waals surface area contributed by atoms with E-state index in [1.807, 2.05) is 0 Å². The Morgan fingerprint density at radius 3 is 1.47 bits per heavy atom. The van der Waals surface area contributed by atoms with Crippen molar-refractivity contribution in [3.8, 4) is 0 Å². The highest BCUT2D eigenvalue weighted by Gasteiger charge is 2.08. The van der Waals surface area contributed by atoms with E-state index in [0.29, 0.717) is 47.7 Å². The van der Waals surface area contributed by atoms with Crippen molar-refractivity contribution in [1.82, 2.24) is 19.1 Å². The van der Waals surface area contributed by atoms with E-state index in [2.05, 4.69) is 9.97 Å². The van der Waals surface area contributed by atoms with E-state index in [1.165, 1.54) is 9.13 Å². The molecule has 2 aromatic carbocycles. The van der Waals surface area contributed by atoms with Crippen molar-refractivity contribution in [2.24, 2.45) is 0 Å². The van der Waals surface area contributed by atoms with E-state index in [-0.39, 0.29) is 11.1 Å². The minimum atomic E-state index is -0.391. The van der Waals surface area contributed by atoms with Gasteiger partial charge in [-0.25, -0.2) is 9.59 Å². The summed E-state index contributed by atoms with van der Waals surface area (Å²) in [6.07, 6.45) is 1.37. The monoisotopic (exact) mass is 470 g/mol. The van der Waals surface area contributed by atoms with Gasteiger partial charge < -0.3 is 9.97 Å². The zero-order valence-electron chi connectivity index (χ0n) is 17.2. The fourth-order valence-electron chi connectivity index (χ4n) is 3.49. The van der Waals surface area contributed by atoms with Gasteiger partial charge in [-0.3, -0.25) is 18.7 Å². The summed E-state index contributed by atoms with van der Waals surface area (Å²) < 4.78 is 2.48. The maximum absolute atomic E-state index is 12.5. The smallest absolute Gasteiger partial charge is 0.307 e. The van der Waals surface area contributed by atoms with Crippen LogP contribution in [0.15, 0.2) is 67.7 Å². The summed E-state index contributed by atoms with van der Waals surface area (Å²) in [6, 6.07) is 14.0. The van der Waals surface area contributed by atoms with Crippen LogP contribution in [-0.4, -0.2) is 30.6 Å². The van der Waals surface area contributed by atoms with E-state index < -0.39 is 11.4 Å². The van der Waals surface area contributed by atoms with Crippen molar-refractivity contribution < 1.29 is 0 Å². The molecule has 0 radical (unpaired) electrons. The highest BCUT2D eigenvalue weighted by molar-refractivity contribution is 8.76. The fourth-order valence-corrected chi connectivity index (χ4v) is 5.63. The number of aromatic nitrogens is 4. The van der Waals surface area contributed by atoms with Crippen LogP contribution in [0.5, 0.6) is 0 Å². The summed E-state index contributed by atoms with van der Waals surface area (Å²) in [6.45, 7) is 0.711. The van der Waals surface area contributed by atoms with Crippen molar-refractivity contribution in [3.05, 3.63) is 90.2 Å². The van der Waals surface area contributed by atoms with Crippen LogP contribution in [0.3, 0.4) is 0 Å². The Balaban J connectivity index is 1.24. The van der Waals surface area contributed by atoms with Crippen LogP contribution in [0.25, 0.3) is 21.8 Å².